The lowest BCUT2D eigenvalue weighted by molar-refractivity contribution is 0.332. The summed E-state index contributed by atoms with van der Waals surface area (Å²) in [6.07, 6.45) is 2.32. The van der Waals surface area contributed by atoms with Gasteiger partial charge in [0, 0.05) is 39.2 Å². The number of aryl methyl sites for hydroxylation is 1. The summed E-state index contributed by atoms with van der Waals surface area (Å²) in [4.78, 5) is 5.05. The first-order chi connectivity index (χ1) is 27.9. The molecule has 4 heteroatoms. The molecule has 10 rings (SSSR count). The fourth-order valence-corrected chi connectivity index (χ4v) is 10.3. The Hall–Kier alpha value is -5.48. The molecule has 0 bridgehead atoms. The van der Waals surface area contributed by atoms with Crippen molar-refractivity contribution in [2.45, 2.75) is 111 Å². The van der Waals surface area contributed by atoms with Crippen LogP contribution in [0, 0.1) is 6.92 Å². The first kappa shape index (κ1) is 37.8. The molecule has 296 valence electrons. The monoisotopic (exact) mass is 772 g/mol. The highest BCUT2D eigenvalue weighted by Gasteiger charge is 2.48. The number of hydrogen-bond acceptors (Lipinski definition) is 3. The molecule has 0 saturated heterocycles. The summed E-state index contributed by atoms with van der Waals surface area (Å²) in [5.41, 5.74) is 20.2. The summed E-state index contributed by atoms with van der Waals surface area (Å²) in [7, 11) is 0. The molecule has 1 aliphatic carbocycles. The maximum Gasteiger partial charge on any atom is 0.257 e. The van der Waals surface area contributed by atoms with Gasteiger partial charge in [-0.05, 0) is 134 Å². The second-order valence-corrected chi connectivity index (χ2v) is 21.0. The van der Waals surface area contributed by atoms with Crippen LogP contribution in [-0.2, 0) is 21.7 Å². The first-order valence-electron chi connectivity index (χ1n) is 21.7. The molecule has 0 radical (unpaired) electrons. The van der Waals surface area contributed by atoms with Gasteiger partial charge in [-0.3, -0.25) is 4.90 Å². The molecule has 0 unspecified atom stereocenters. The van der Waals surface area contributed by atoms with Crippen molar-refractivity contribution in [3.05, 3.63) is 149 Å². The van der Waals surface area contributed by atoms with Crippen LogP contribution >= 0.6 is 0 Å². The molecule has 0 fully saturated rings. The molecule has 6 aromatic carbocycles. The van der Waals surface area contributed by atoms with E-state index >= 15 is 0 Å². The van der Waals surface area contributed by atoms with E-state index < -0.39 is 0 Å². The minimum Gasteiger partial charge on any atom is -0.440 e. The first-order valence-corrected chi connectivity index (χ1v) is 21.7. The van der Waals surface area contributed by atoms with Crippen molar-refractivity contribution in [1.82, 2.24) is 0 Å². The molecule has 0 saturated carbocycles. The van der Waals surface area contributed by atoms with Gasteiger partial charge >= 0.3 is 0 Å². The van der Waals surface area contributed by atoms with Gasteiger partial charge in [0.1, 0.15) is 5.58 Å². The van der Waals surface area contributed by atoms with Crippen LogP contribution in [0.1, 0.15) is 110 Å². The zero-order valence-electron chi connectivity index (χ0n) is 36.8. The standard InChI is InChI=1S/C55H57BN2O/c1-34-29-46-50-47(30-34)58(44-26-23-37(53(5,6)7)31-40(44)35-17-13-12-14-18-35)45-33-42-41(54(8,9)27-28-55(42,10)11)32-43(45)56(50)49-39-19-15-16-20-48(39)59-51(49)57(46)38-24-21-36(22-25-38)52(2,3)4/h12-26,29-33H,27-28H2,1-11H3. The second kappa shape index (κ2) is 12.8. The predicted molar refractivity (Wildman–Crippen MR) is 253 cm³/mol. The predicted octanol–water partition coefficient (Wildman–Crippen LogP) is 13.4. The van der Waals surface area contributed by atoms with Crippen LogP contribution in [0.4, 0.5) is 34.3 Å². The summed E-state index contributed by atoms with van der Waals surface area (Å²) >= 11 is 0. The molecular weight excluding hydrogens is 715 g/mol. The van der Waals surface area contributed by atoms with E-state index in [0.29, 0.717) is 0 Å². The minimum atomic E-state index is -0.0317. The summed E-state index contributed by atoms with van der Waals surface area (Å²) in [5, 5.41) is 1.18. The maximum atomic E-state index is 7.10. The zero-order valence-corrected chi connectivity index (χ0v) is 36.8. The smallest absolute Gasteiger partial charge is 0.257 e. The summed E-state index contributed by atoms with van der Waals surface area (Å²) in [5.74, 6) is 0.917. The highest BCUT2D eigenvalue weighted by Crippen LogP contribution is 2.52. The number of hydrogen-bond donors (Lipinski definition) is 0. The molecule has 1 aromatic heterocycles. The third-order valence-electron chi connectivity index (χ3n) is 13.9. The van der Waals surface area contributed by atoms with E-state index in [0.717, 1.165) is 30.0 Å². The number of anilines is 6. The highest BCUT2D eigenvalue weighted by atomic mass is 16.4. The maximum absolute atomic E-state index is 7.10. The third kappa shape index (κ3) is 5.84. The van der Waals surface area contributed by atoms with Gasteiger partial charge in [-0.25, -0.2) is 0 Å². The molecule has 3 aliphatic rings. The van der Waals surface area contributed by atoms with Crippen molar-refractivity contribution in [2.24, 2.45) is 0 Å². The van der Waals surface area contributed by atoms with Gasteiger partial charge in [0.05, 0.1) is 5.69 Å². The molecule has 0 N–H and O–H groups in total. The average molecular weight is 773 g/mol. The second-order valence-electron chi connectivity index (χ2n) is 21.0. The van der Waals surface area contributed by atoms with Gasteiger partial charge in [0.25, 0.3) is 6.71 Å². The minimum absolute atomic E-state index is 0.00802. The number of benzene rings is 6. The Labute approximate surface area is 352 Å². The zero-order chi connectivity index (χ0) is 41.4. The van der Waals surface area contributed by atoms with Gasteiger partial charge in [-0.1, -0.05) is 142 Å². The fraction of sp³-hybridized carbons (Fsp3) is 0.309. The van der Waals surface area contributed by atoms with Crippen LogP contribution in [0.5, 0.6) is 0 Å². The molecule has 0 amide bonds. The van der Waals surface area contributed by atoms with Crippen LogP contribution in [0.3, 0.4) is 0 Å². The third-order valence-corrected chi connectivity index (χ3v) is 13.9. The van der Waals surface area contributed by atoms with Crippen LogP contribution in [0.2, 0.25) is 0 Å². The Morgan fingerprint density at radius 2 is 1.15 bits per heavy atom. The molecule has 3 heterocycles. The molecular formula is C55H57BN2O. The summed E-state index contributed by atoms with van der Waals surface area (Å²) in [6, 6.07) is 46.2. The topological polar surface area (TPSA) is 19.6 Å². The van der Waals surface area contributed by atoms with E-state index in [2.05, 4.69) is 207 Å². The van der Waals surface area contributed by atoms with Crippen molar-refractivity contribution in [2.75, 3.05) is 9.80 Å². The number of para-hydroxylation sites is 1. The van der Waals surface area contributed by atoms with E-state index in [9.17, 15) is 0 Å². The van der Waals surface area contributed by atoms with Crippen molar-refractivity contribution in [1.29, 1.82) is 0 Å². The number of furan rings is 1. The lowest BCUT2D eigenvalue weighted by Gasteiger charge is -2.47. The summed E-state index contributed by atoms with van der Waals surface area (Å²) in [6.45, 7) is 25.9. The number of fused-ring (bicyclic) bond motifs is 7. The Morgan fingerprint density at radius 1 is 0.559 bits per heavy atom. The SMILES string of the molecule is Cc1cc2c3c(c1)N(c1ccc(C(C)(C)C)cc1)c1oc4ccccc4c1B3c1cc3c(cc1N2c1ccc(C(C)(C)C)cc1-c1ccccc1)C(C)(C)CCC3(C)C. The van der Waals surface area contributed by atoms with E-state index in [1.807, 2.05) is 0 Å². The number of rotatable bonds is 3. The quantitative estimate of drug-likeness (QED) is 0.167. The highest BCUT2D eigenvalue weighted by molar-refractivity contribution is 7.01. The normalized spacial score (nSPS) is 16.4. The molecule has 3 nitrogen and oxygen atoms in total. The average Bonchev–Trinajstić information content (AvgIpc) is 3.58. The Kier molecular flexibility index (Phi) is 8.17. The van der Waals surface area contributed by atoms with Crippen molar-refractivity contribution >= 4 is 68.4 Å². The van der Waals surface area contributed by atoms with Crippen LogP contribution in [0.15, 0.2) is 126 Å². The van der Waals surface area contributed by atoms with E-state index in [1.165, 1.54) is 83.5 Å². The molecule has 7 aromatic rings. The Balaban J connectivity index is 1.35. The van der Waals surface area contributed by atoms with Gasteiger partial charge in [-0.2, -0.15) is 0 Å². The van der Waals surface area contributed by atoms with Crippen LogP contribution < -0.4 is 26.2 Å². The van der Waals surface area contributed by atoms with Crippen molar-refractivity contribution in [3.63, 3.8) is 0 Å². The lowest BCUT2D eigenvalue weighted by atomic mass is 9.33. The van der Waals surface area contributed by atoms with E-state index in [1.54, 1.807) is 0 Å². The molecule has 0 atom stereocenters. The van der Waals surface area contributed by atoms with Crippen molar-refractivity contribution < 1.29 is 4.42 Å². The summed E-state index contributed by atoms with van der Waals surface area (Å²) < 4.78 is 7.10. The van der Waals surface area contributed by atoms with Gasteiger partial charge in [0.2, 0.25) is 5.88 Å². The van der Waals surface area contributed by atoms with Crippen molar-refractivity contribution in [3.8, 4) is 11.1 Å². The van der Waals surface area contributed by atoms with E-state index in [4.69, 9.17) is 4.42 Å². The molecule has 0 spiro atoms. The van der Waals surface area contributed by atoms with Gasteiger partial charge < -0.3 is 9.32 Å². The van der Waals surface area contributed by atoms with Crippen LogP contribution in [-0.4, -0.2) is 6.71 Å². The fourth-order valence-electron chi connectivity index (χ4n) is 10.3. The van der Waals surface area contributed by atoms with E-state index in [-0.39, 0.29) is 28.4 Å². The molecule has 2 aliphatic heterocycles. The van der Waals surface area contributed by atoms with Gasteiger partial charge in [-0.15, -0.1) is 0 Å². The van der Waals surface area contributed by atoms with Crippen LogP contribution in [0.25, 0.3) is 22.1 Å². The van der Waals surface area contributed by atoms with Gasteiger partial charge in [0.15, 0.2) is 0 Å². The lowest BCUT2D eigenvalue weighted by Crippen LogP contribution is -2.61. The Morgan fingerprint density at radius 3 is 1.81 bits per heavy atom. The Bertz CT molecular complexity index is 2810. The molecule has 59 heavy (non-hydrogen) atoms. The number of nitrogens with zero attached hydrogens (tertiary/aromatic N) is 2. The largest absolute Gasteiger partial charge is 0.440 e.